The number of nitrogens with zero attached hydrogens (tertiary/aromatic N) is 3. The maximum Gasteiger partial charge on any atom is 0.237 e. The molecule has 1 atom stereocenters. The normalized spacial score (nSPS) is 20.8. The van der Waals surface area contributed by atoms with E-state index in [9.17, 15) is 4.79 Å². The Morgan fingerprint density at radius 3 is 2.74 bits per heavy atom. The second-order valence-corrected chi connectivity index (χ2v) is 9.27. The molecule has 2 aromatic heterocycles. The maximum absolute atomic E-state index is 12.5. The number of amides is 1. The van der Waals surface area contributed by atoms with Gasteiger partial charge in [0.15, 0.2) is 0 Å². The Labute approximate surface area is 169 Å². The zero-order valence-corrected chi connectivity index (χ0v) is 17.5. The van der Waals surface area contributed by atoms with Crippen LogP contribution in [-0.2, 0) is 11.3 Å². The summed E-state index contributed by atoms with van der Waals surface area (Å²) < 4.78 is 0. The first-order chi connectivity index (χ1) is 13.2. The van der Waals surface area contributed by atoms with Gasteiger partial charge in [0.1, 0.15) is 5.01 Å². The average molecular weight is 405 g/mol. The van der Waals surface area contributed by atoms with Gasteiger partial charge in [0.25, 0.3) is 0 Å². The lowest BCUT2D eigenvalue weighted by molar-refractivity contribution is -0.127. The lowest BCUT2D eigenvalue weighted by Crippen LogP contribution is -2.54. The van der Waals surface area contributed by atoms with Crippen molar-refractivity contribution in [2.24, 2.45) is 0 Å². The largest absolute Gasteiger partial charge is 0.352 e. The molecular formula is C20H28N4OS2. The Hall–Kier alpha value is -1.28. The molecule has 0 aromatic carbocycles. The second-order valence-electron chi connectivity index (χ2n) is 7.63. The third-order valence-electron chi connectivity index (χ3n) is 5.74. The third-order valence-corrected chi connectivity index (χ3v) is 7.36. The summed E-state index contributed by atoms with van der Waals surface area (Å²) in [6.07, 6.45) is 4.80. The van der Waals surface area contributed by atoms with E-state index in [2.05, 4.69) is 37.3 Å². The van der Waals surface area contributed by atoms with Crippen molar-refractivity contribution in [3.63, 3.8) is 0 Å². The van der Waals surface area contributed by atoms with E-state index < -0.39 is 0 Å². The summed E-state index contributed by atoms with van der Waals surface area (Å²) in [5.74, 6) is 0.204. The first-order valence-corrected chi connectivity index (χ1v) is 11.7. The molecule has 1 unspecified atom stereocenters. The molecule has 1 N–H and O–H groups in total. The number of hydrogen-bond acceptors (Lipinski definition) is 6. The van der Waals surface area contributed by atoms with Crippen molar-refractivity contribution in [2.45, 2.75) is 51.2 Å². The number of rotatable bonds is 6. The summed E-state index contributed by atoms with van der Waals surface area (Å²) in [7, 11) is 0. The van der Waals surface area contributed by atoms with Gasteiger partial charge in [0.2, 0.25) is 5.91 Å². The number of thiazole rings is 1. The van der Waals surface area contributed by atoms with E-state index in [-0.39, 0.29) is 11.9 Å². The number of piperazine rings is 1. The first kappa shape index (κ1) is 19.1. The Bertz CT molecular complexity index is 731. The average Bonchev–Trinajstić information content (AvgIpc) is 3.44. The Morgan fingerprint density at radius 1 is 1.26 bits per heavy atom. The molecule has 4 rings (SSSR count). The van der Waals surface area contributed by atoms with Crippen LogP contribution in [0.2, 0.25) is 0 Å². The van der Waals surface area contributed by atoms with Crippen LogP contribution in [0.15, 0.2) is 22.2 Å². The molecule has 1 amide bonds. The molecule has 27 heavy (non-hydrogen) atoms. The van der Waals surface area contributed by atoms with Gasteiger partial charge in [-0.25, -0.2) is 4.98 Å². The molecule has 3 heterocycles. The van der Waals surface area contributed by atoms with Crippen molar-refractivity contribution < 1.29 is 4.79 Å². The first-order valence-electron chi connectivity index (χ1n) is 9.93. The van der Waals surface area contributed by atoms with Crippen LogP contribution in [0.5, 0.6) is 0 Å². The summed E-state index contributed by atoms with van der Waals surface area (Å²) in [4.78, 5) is 22.1. The Kier molecular flexibility index (Phi) is 6.22. The van der Waals surface area contributed by atoms with Crippen LogP contribution in [0.25, 0.3) is 10.6 Å². The van der Waals surface area contributed by atoms with Crippen LogP contribution in [0.1, 0.15) is 38.3 Å². The summed E-state index contributed by atoms with van der Waals surface area (Å²) in [5.41, 5.74) is 2.38. The standard InChI is InChI=1S/C20H28N4OS2/c1-15(19(25)21-17-4-2-3-5-17)24-9-7-23(8-10-24)12-18-14-27-20(22-18)16-6-11-26-13-16/h6,11,13-15,17H,2-5,7-10,12H2,1H3,(H,21,25). The molecule has 2 aliphatic rings. The molecule has 146 valence electrons. The van der Waals surface area contributed by atoms with Gasteiger partial charge in [0, 0.05) is 55.1 Å². The highest BCUT2D eigenvalue weighted by Gasteiger charge is 2.27. The topological polar surface area (TPSA) is 48.5 Å². The van der Waals surface area contributed by atoms with Gasteiger partial charge < -0.3 is 5.32 Å². The lowest BCUT2D eigenvalue weighted by atomic mass is 10.2. The molecule has 5 nitrogen and oxygen atoms in total. The molecule has 1 saturated heterocycles. The van der Waals surface area contributed by atoms with Gasteiger partial charge in [0.05, 0.1) is 11.7 Å². The number of carbonyl (C=O) groups excluding carboxylic acids is 1. The number of thiophene rings is 1. The minimum atomic E-state index is -0.0304. The predicted octanol–water partition coefficient (Wildman–Crippen LogP) is 3.44. The highest BCUT2D eigenvalue weighted by molar-refractivity contribution is 7.14. The Balaban J connectivity index is 1.24. The SMILES string of the molecule is CC(C(=O)NC1CCCC1)N1CCN(Cc2csc(-c3ccsc3)n2)CC1. The summed E-state index contributed by atoms with van der Waals surface area (Å²) in [6, 6.07) is 2.50. The van der Waals surface area contributed by atoms with Crippen LogP contribution < -0.4 is 5.32 Å². The van der Waals surface area contributed by atoms with Crippen LogP contribution in [0.3, 0.4) is 0 Å². The monoisotopic (exact) mass is 404 g/mol. The maximum atomic E-state index is 12.5. The molecule has 0 bridgehead atoms. The van der Waals surface area contributed by atoms with Crippen molar-refractivity contribution >= 4 is 28.6 Å². The van der Waals surface area contributed by atoms with E-state index in [0.717, 1.165) is 56.3 Å². The minimum absolute atomic E-state index is 0.0304. The van der Waals surface area contributed by atoms with Crippen molar-refractivity contribution in [1.82, 2.24) is 20.1 Å². The van der Waals surface area contributed by atoms with E-state index in [1.165, 1.54) is 18.4 Å². The number of nitrogens with one attached hydrogen (secondary N) is 1. The highest BCUT2D eigenvalue weighted by Crippen LogP contribution is 2.26. The fourth-order valence-electron chi connectivity index (χ4n) is 3.99. The second kappa shape index (κ2) is 8.82. The van der Waals surface area contributed by atoms with E-state index >= 15 is 0 Å². The molecule has 0 radical (unpaired) electrons. The Morgan fingerprint density at radius 2 is 2.04 bits per heavy atom. The van der Waals surface area contributed by atoms with Crippen LogP contribution in [-0.4, -0.2) is 59.0 Å². The zero-order chi connectivity index (χ0) is 18.6. The van der Waals surface area contributed by atoms with Crippen LogP contribution >= 0.6 is 22.7 Å². The molecule has 7 heteroatoms. The minimum Gasteiger partial charge on any atom is -0.352 e. The van der Waals surface area contributed by atoms with E-state index in [4.69, 9.17) is 4.98 Å². The highest BCUT2D eigenvalue weighted by atomic mass is 32.1. The van der Waals surface area contributed by atoms with E-state index in [1.54, 1.807) is 22.7 Å². The fraction of sp³-hybridized carbons (Fsp3) is 0.600. The molecule has 1 saturated carbocycles. The molecule has 2 fully saturated rings. The van der Waals surface area contributed by atoms with Crippen molar-refractivity contribution in [3.05, 3.63) is 27.9 Å². The lowest BCUT2D eigenvalue weighted by Gasteiger charge is -2.37. The van der Waals surface area contributed by atoms with Gasteiger partial charge in [-0.2, -0.15) is 11.3 Å². The zero-order valence-electron chi connectivity index (χ0n) is 15.9. The molecule has 2 aromatic rings. The van der Waals surface area contributed by atoms with Crippen LogP contribution in [0.4, 0.5) is 0 Å². The summed E-state index contributed by atoms with van der Waals surface area (Å²) in [6.45, 7) is 6.82. The van der Waals surface area contributed by atoms with Gasteiger partial charge >= 0.3 is 0 Å². The van der Waals surface area contributed by atoms with Crippen molar-refractivity contribution in [3.8, 4) is 10.6 Å². The molecular weight excluding hydrogens is 376 g/mol. The number of hydrogen-bond donors (Lipinski definition) is 1. The van der Waals surface area contributed by atoms with Gasteiger partial charge in [-0.3, -0.25) is 14.6 Å². The fourth-order valence-corrected chi connectivity index (χ4v) is 5.52. The van der Waals surface area contributed by atoms with Gasteiger partial charge in [-0.05, 0) is 31.2 Å². The van der Waals surface area contributed by atoms with Gasteiger partial charge in [-0.1, -0.05) is 12.8 Å². The molecule has 0 spiro atoms. The van der Waals surface area contributed by atoms with E-state index in [0.29, 0.717) is 6.04 Å². The smallest absolute Gasteiger partial charge is 0.237 e. The van der Waals surface area contributed by atoms with Crippen molar-refractivity contribution in [1.29, 1.82) is 0 Å². The number of aromatic nitrogens is 1. The quantitative estimate of drug-likeness (QED) is 0.801. The van der Waals surface area contributed by atoms with Crippen LogP contribution in [0, 0.1) is 0 Å². The summed E-state index contributed by atoms with van der Waals surface area (Å²) in [5, 5.41) is 10.8. The molecule has 1 aliphatic heterocycles. The predicted molar refractivity (Wildman–Crippen MR) is 112 cm³/mol. The third kappa shape index (κ3) is 4.77. The van der Waals surface area contributed by atoms with Crippen molar-refractivity contribution in [2.75, 3.05) is 26.2 Å². The molecule has 1 aliphatic carbocycles. The van der Waals surface area contributed by atoms with E-state index in [1.807, 2.05) is 6.92 Å². The summed E-state index contributed by atoms with van der Waals surface area (Å²) >= 11 is 3.44. The number of carbonyl (C=O) groups is 1. The van der Waals surface area contributed by atoms with Gasteiger partial charge in [-0.15, -0.1) is 11.3 Å².